The second-order valence-electron chi connectivity index (χ2n) is 6.23. The van der Waals surface area contributed by atoms with E-state index in [1.165, 1.54) is 5.56 Å². The molecule has 3 rings (SSSR count). The van der Waals surface area contributed by atoms with Crippen LogP contribution in [0.5, 0.6) is 5.75 Å². The van der Waals surface area contributed by atoms with E-state index in [2.05, 4.69) is 51.3 Å². The highest BCUT2D eigenvalue weighted by Gasteiger charge is 2.11. The first-order valence-electron chi connectivity index (χ1n) is 8.52. The number of allylic oxidation sites excluding steroid dienone is 1. The summed E-state index contributed by atoms with van der Waals surface area (Å²) in [6.07, 6.45) is 1.91. The fourth-order valence-corrected chi connectivity index (χ4v) is 4.96. The van der Waals surface area contributed by atoms with Gasteiger partial charge in [-0.25, -0.2) is 0 Å². The molecule has 0 aliphatic carbocycles. The van der Waals surface area contributed by atoms with Crippen LogP contribution in [0, 0.1) is 25.4 Å². The lowest BCUT2D eigenvalue weighted by Crippen LogP contribution is -2.00. The molecule has 140 valence electrons. The Morgan fingerprint density at radius 3 is 2.32 bits per heavy atom. The highest BCUT2D eigenvalue weighted by Crippen LogP contribution is 2.32. The summed E-state index contributed by atoms with van der Waals surface area (Å²) in [5.74, 6) is 0.826. The summed E-state index contributed by atoms with van der Waals surface area (Å²) in [4.78, 5) is 0. The molecular weight excluding hydrogens is 596 g/mol. The van der Waals surface area contributed by atoms with Crippen LogP contribution < -0.4 is 4.74 Å². The van der Waals surface area contributed by atoms with E-state index in [-0.39, 0.29) is 0 Å². The van der Waals surface area contributed by atoms with Crippen LogP contribution in [-0.4, -0.2) is 0 Å². The molecule has 0 spiro atoms. The molecule has 0 unspecified atom stereocenters. The Morgan fingerprint density at radius 2 is 1.71 bits per heavy atom. The maximum atomic E-state index is 9.58. The number of rotatable bonds is 5. The molecule has 3 aromatic rings. The average Bonchev–Trinajstić information content (AvgIpc) is 2.67. The third-order valence-corrected chi connectivity index (χ3v) is 6.12. The van der Waals surface area contributed by atoms with E-state index in [1.807, 2.05) is 73.7 Å². The van der Waals surface area contributed by atoms with Gasteiger partial charge in [-0.1, -0.05) is 59.6 Å². The summed E-state index contributed by atoms with van der Waals surface area (Å²) in [6.45, 7) is 2.44. The van der Waals surface area contributed by atoms with E-state index in [1.54, 1.807) is 0 Å². The number of ether oxygens (including phenoxy) is 1. The molecule has 0 amide bonds. The van der Waals surface area contributed by atoms with E-state index in [0.29, 0.717) is 17.2 Å². The Bertz CT molecular complexity index is 1050. The molecule has 0 saturated heterocycles. The lowest BCUT2D eigenvalue weighted by Gasteiger charge is -2.12. The van der Waals surface area contributed by atoms with Gasteiger partial charge in [-0.15, -0.1) is 0 Å². The van der Waals surface area contributed by atoms with Crippen LogP contribution in [0.15, 0.2) is 60.7 Å². The lowest BCUT2D eigenvalue weighted by atomic mass is 10.0. The van der Waals surface area contributed by atoms with Crippen LogP contribution >= 0.6 is 56.8 Å². The van der Waals surface area contributed by atoms with Crippen molar-refractivity contribution < 1.29 is 4.74 Å². The van der Waals surface area contributed by atoms with Crippen LogP contribution in [0.25, 0.3) is 11.6 Å². The Balaban J connectivity index is 1.86. The fourth-order valence-electron chi connectivity index (χ4n) is 2.65. The first kappa shape index (κ1) is 21.2. The zero-order valence-corrected chi connectivity index (χ0v) is 20.1. The van der Waals surface area contributed by atoms with Crippen LogP contribution in [0.2, 0.25) is 5.02 Å². The van der Waals surface area contributed by atoms with E-state index in [0.717, 1.165) is 29.6 Å². The van der Waals surface area contributed by atoms with Gasteiger partial charge < -0.3 is 4.74 Å². The maximum absolute atomic E-state index is 9.58. The zero-order chi connectivity index (χ0) is 20.1. The van der Waals surface area contributed by atoms with Crippen molar-refractivity contribution in [2.75, 3.05) is 0 Å². The molecule has 0 radical (unpaired) electrons. The topological polar surface area (TPSA) is 33.0 Å². The largest absolute Gasteiger partial charge is 0.487 e. The van der Waals surface area contributed by atoms with E-state index >= 15 is 0 Å². The molecule has 28 heavy (non-hydrogen) atoms. The van der Waals surface area contributed by atoms with Crippen molar-refractivity contribution in [3.8, 4) is 11.8 Å². The molecule has 5 heteroatoms. The van der Waals surface area contributed by atoms with Crippen molar-refractivity contribution in [1.82, 2.24) is 0 Å². The Kier molecular flexibility index (Phi) is 7.38. The summed E-state index contributed by atoms with van der Waals surface area (Å²) in [6, 6.07) is 22.0. The SMILES string of the molecule is Cc1ccc(/C(C#N)=C\c2cc(I)c(OCc3ccccc3Cl)c(I)c2)cc1. The monoisotopic (exact) mass is 611 g/mol. The third-order valence-electron chi connectivity index (χ3n) is 4.14. The molecule has 0 aliphatic rings. The second-order valence-corrected chi connectivity index (χ2v) is 8.96. The molecule has 0 aromatic heterocycles. The smallest absolute Gasteiger partial charge is 0.146 e. The number of nitrogens with zero attached hydrogens (tertiary/aromatic N) is 1. The zero-order valence-electron chi connectivity index (χ0n) is 15.0. The van der Waals surface area contributed by atoms with Crippen LogP contribution in [-0.2, 0) is 6.61 Å². The number of aryl methyl sites for hydroxylation is 1. The van der Waals surface area contributed by atoms with Gasteiger partial charge in [0.15, 0.2) is 0 Å². The van der Waals surface area contributed by atoms with Crippen molar-refractivity contribution in [1.29, 1.82) is 5.26 Å². The van der Waals surface area contributed by atoms with Gasteiger partial charge in [-0.05, 0) is 87.5 Å². The van der Waals surface area contributed by atoms with Gasteiger partial charge in [0.05, 0.1) is 18.8 Å². The predicted octanol–water partition coefficient (Wildman–Crippen LogP) is 7.50. The predicted molar refractivity (Wildman–Crippen MR) is 132 cm³/mol. The van der Waals surface area contributed by atoms with E-state index in [9.17, 15) is 5.26 Å². The minimum absolute atomic E-state index is 0.410. The minimum atomic E-state index is 0.410. The van der Waals surface area contributed by atoms with Gasteiger partial charge in [0.2, 0.25) is 0 Å². The van der Waals surface area contributed by atoms with E-state index < -0.39 is 0 Å². The second kappa shape index (κ2) is 9.77. The van der Waals surface area contributed by atoms with E-state index in [4.69, 9.17) is 16.3 Å². The fraction of sp³-hybridized carbons (Fsp3) is 0.0870. The van der Waals surface area contributed by atoms with Crippen molar-refractivity contribution >= 4 is 68.4 Å². The number of hydrogen-bond acceptors (Lipinski definition) is 2. The standard InChI is InChI=1S/C23H16ClI2NO/c1-15-6-8-17(9-7-15)19(13-27)10-16-11-21(25)23(22(26)12-16)28-14-18-4-2-3-5-20(18)24/h2-12H,14H2,1H3/b19-10-. The molecule has 2 nitrogen and oxygen atoms in total. The van der Waals surface area contributed by atoms with Crippen molar-refractivity contribution in [2.24, 2.45) is 0 Å². The van der Waals surface area contributed by atoms with Gasteiger partial charge in [0.1, 0.15) is 12.4 Å². The summed E-state index contributed by atoms with van der Waals surface area (Å²) in [5, 5.41) is 10.3. The minimum Gasteiger partial charge on any atom is -0.487 e. The van der Waals surface area contributed by atoms with Gasteiger partial charge in [-0.3, -0.25) is 0 Å². The van der Waals surface area contributed by atoms with Gasteiger partial charge >= 0.3 is 0 Å². The molecule has 0 aliphatic heterocycles. The molecule has 0 bridgehead atoms. The molecule has 3 aromatic carbocycles. The average molecular weight is 612 g/mol. The molecule has 0 atom stereocenters. The summed E-state index contributed by atoms with van der Waals surface area (Å²) in [5.41, 5.74) is 4.64. The Hall–Kier alpha value is -1.56. The Morgan fingerprint density at radius 1 is 1.07 bits per heavy atom. The normalized spacial score (nSPS) is 11.2. The molecule has 0 N–H and O–H groups in total. The molecule has 0 saturated carbocycles. The van der Waals surface area contributed by atoms with Gasteiger partial charge in [0, 0.05) is 10.6 Å². The lowest BCUT2D eigenvalue weighted by molar-refractivity contribution is 0.302. The number of hydrogen-bond donors (Lipinski definition) is 0. The molecule has 0 heterocycles. The first-order chi connectivity index (χ1) is 13.5. The molecule has 0 fully saturated rings. The highest BCUT2D eigenvalue weighted by molar-refractivity contribution is 14.1. The number of benzene rings is 3. The van der Waals surface area contributed by atoms with Crippen molar-refractivity contribution in [2.45, 2.75) is 13.5 Å². The van der Waals surface area contributed by atoms with Crippen molar-refractivity contribution in [3.63, 3.8) is 0 Å². The van der Waals surface area contributed by atoms with Crippen LogP contribution in [0.4, 0.5) is 0 Å². The van der Waals surface area contributed by atoms with Gasteiger partial charge in [0.25, 0.3) is 0 Å². The Labute approximate surface area is 197 Å². The number of halogens is 3. The van der Waals surface area contributed by atoms with Gasteiger partial charge in [-0.2, -0.15) is 5.26 Å². The maximum Gasteiger partial charge on any atom is 0.146 e. The first-order valence-corrected chi connectivity index (χ1v) is 11.1. The van der Waals surface area contributed by atoms with Crippen LogP contribution in [0.1, 0.15) is 22.3 Å². The number of nitriles is 1. The highest BCUT2D eigenvalue weighted by atomic mass is 127. The summed E-state index contributed by atoms with van der Waals surface area (Å²) >= 11 is 10.7. The molecular formula is C23H16ClI2NO. The third kappa shape index (κ3) is 5.28. The summed E-state index contributed by atoms with van der Waals surface area (Å²) in [7, 11) is 0. The van der Waals surface area contributed by atoms with Crippen molar-refractivity contribution in [3.05, 3.63) is 95.1 Å². The van der Waals surface area contributed by atoms with Crippen LogP contribution in [0.3, 0.4) is 0 Å². The summed E-state index contributed by atoms with van der Waals surface area (Å²) < 4.78 is 8.01. The quantitative estimate of drug-likeness (QED) is 0.170.